The number of nitrogens with zero attached hydrogens (tertiary/aromatic N) is 2. The molecule has 0 aliphatic carbocycles. The highest BCUT2D eigenvalue weighted by Gasteiger charge is 2.14. The van der Waals surface area contributed by atoms with Gasteiger partial charge in [0.25, 0.3) is 0 Å². The Labute approximate surface area is 112 Å². The summed E-state index contributed by atoms with van der Waals surface area (Å²) >= 11 is 0. The van der Waals surface area contributed by atoms with Crippen LogP contribution in [0.3, 0.4) is 0 Å². The average molecular weight is 255 g/mol. The fourth-order valence-electron chi connectivity index (χ4n) is 2.27. The first-order chi connectivity index (χ1) is 9.33. The fraction of sp³-hybridized carbons (Fsp3) is 0.333. The maximum Gasteiger partial charge on any atom is 0.122 e. The molecule has 0 spiro atoms. The minimum Gasteiger partial charge on any atom is -0.493 e. The molecule has 19 heavy (non-hydrogen) atoms. The van der Waals surface area contributed by atoms with E-state index in [1.807, 2.05) is 6.07 Å². The van der Waals surface area contributed by atoms with Gasteiger partial charge in [0.05, 0.1) is 12.3 Å². The van der Waals surface area contributed by atoms with Gasteiger partial charge in [-0.05, 0) is 30.2 Å². The van der Waals surface area contributed by atoms with Crippen LogP contribution in [0.2, 0.25) is 0 Å². The van der Waals surface area contributed by atoms with E-state index in [4.69, 9.17) is 4.74 Å². The van der Waals surface area contributed by atoms with Crippen molar-refractivity contribution in [3.8, 4) is 5.75 Å². The van der Waals surface area contributed by atoms with Crippen molar-refractivity contribution in [3.05, 3.63) is 53.6 Å². The Hall–Kier alpha value is -1.94. The molecular weight excluding hydrogens is 238 g/mol. The van der Waals surface area contributed by atoms with Gasteiger partial charge in [0.1, 0.15) is 12.1 Å². The topological polar surface area (TPSA) is 47.0 Å². The molecule has 1 unspecified atom stereocenters. The number of nitrogens with one attached hydrogen (secondary N) is 1. The van der Waals surface area contributed by atoms with Gasteiger partial charge in [0.2, 0.25) is 0 Å². The molecule has 1 aliphatic heterocycles. The first kappa shape index (κ1) is 12.1. The highest BCUT2D eigenvalue weighted by atomic mass is 16.5. The first-order valence-electron chi connectivity index (χ1n) is 6.57. The zero-order valence-corrected chi connectivity index (χ0v) is 11.0. The predicted molar refractivity (Wildman–Crippen MR) is 72.9 cm³/mol. The Balaban J connectivity index is 1.65. The normalized spacial score (nSPS) is 14.8. The van der Waals surface area contributed by atoms with Gasteiger partial charge in [0, 0.05) is 25.2 Å². The Bertz CT molecular complexity index is 557. The van der Waals surface area contributed by atoms with Gasteiger partial charge in [-0.2, -0.15) is 0 Å². The second-order valence-electron chi connectivity index (χ2n) is 4.77. The average Bonchev–Trinajstić information content (AvgIpc) is 2.93. The van der Waals surface area contributed by atoms with Gasteiger partial charge < -0.3 is 10.1 Å². The van der Waals surface area contributed by atoms with Crippen molar-refractivity contribution in [3.63, 3.8) is 0 Å². The van der Waals surface area contributed by atoms with E-state index in [0.29, 0.717) is 6.04 Å². The van der Waals surface area contributed by atoms with Crippen LogP contribution in [0.25, 0.3) is 0 Å². The lowest BCUT2D eigenvalue weighted by Gasteiger charge is -2.14. The predicted octanol–water partition coefficient (Wildman–Crippen LogP) is 2.26. The Morgan fingerprint density at radius 1 is 1.37 bits per heavy atom. The minimum atomic E-state index is 0.292. The molecule has 1 aromatic heterocycles. The molecule has 0 radical (unpaired) electrons. The van der Waals surface area contributed by atoms with Crippen molar-refractivity contribution in [2.45, 2.75) is 25.9 Å². The van der Waals surface area contributed by atoms with Crippen molar-refractivity contribution >= 4 is 0 Å². The second kappa shape index (κ2) is 5.36. The van der Waals surface area contributed by atoms with Crippen LogP contribution in [0.15, 0.2) is 36.8 Å². The summed E-state index contributed by atoms with van der Waals surface area (Å²) in [4.78, 5) is 8.13. The van der Waals surface area contributed by atoms with Crippen LogP contribution >= 0.6 is 0 Å². The van der Waals surface area contributed by atoms with Gasteiger partial charge in [-0.15, -0.1) is 0 Å². The van der Waals surface area contributed by atoms with Crippen LogP contribution < -0.4 is 10.1 Å². The largest absolute Gasteiger partial charge is 0.493 e. The molecule has 1 aromatic carbocycles. The van der Waals surface area contributed by atoms with E-state index in [2.05, 4.69) is 40.4 Å². The molecule has 1 aliphatic rings. The van der Waals surface area contributed by atoms with Crippen molar-refractivity contribution in [1.82, 2.24) is 15.3 Å². The molecule has 2 heterocycles. The number of hydrogen-bond donors (Lipinski definition) is 1. The highest BCUT2D eigenvalue weighted by molar-refractivity contribution is 5.40. The van der Waals surface area contributed by atoms with Gasteiger partial charge >= 0.3 is 0 Å². The third-order valence-corrected chi connectivity index (χ3v) is 3.45. The van der Waals surface area contributed by atoms with Gasteiger partial charge in [-0.3, -0.25) is 0 Å². The molecule has 0 bridgehead atoms. The SMILES string of the molecule is CC(NCc1ccncn1)c1ccc2c(c1)CCO2. The van der Waals surface area contributed by atoms with Crippen LogP contribution in [-0.2, 0) is 13.0 Å². The van der Waals surface area contributed by atoms with Crippen LogP contribution in [0.4, 0.5) is 0 Å². The summed E-state index contributed by atoms with van der Waals surface area (Å²) in [6.45, 7) is 3.72. The highest BCUT2D eigenvalue weighted by Crippen LogP contribution is 2.28. The van der Waals surface area contributed by atoms with Gasteiger partial charge in [-0.1, -0.05) is 12.1 Å². The Kier molecular flexibility index (Phi) is 3.42. The van der Waals surface area contributed by atoms with E-state index in [0.717, 1.165) is 31.0 Å². The lowest BCUT2D eigenvalue weighted by molar-refractivity contribution is 0.356. The number of fused-ring (bicyclic) bond motifs is 1. The molecule has 1 atom stereocenters. The molecule has 0 saturated heterocycles. The quantitative estimate of drug-likeness (QED) is 0.910. The number of benzene rings is 1. The third kappa shape index (κ3) is 2.74. The van der Waals surface area contributed by atoms with E-state index in [9.17, 15) is 0 Å². The monoisotopic (exact) mass is 255 g/mol. The van der Waals surface area contributed by atoms with Gasteiger partial charge in [0.15, 0.2) is 0 Å². The second-order valence-corrected chi connectivity index (χ2v) is 4.77. The van der Waals surface area contributed by atoms with E-state index >= 15 is 0 Å². The molecular formula is C15H17N3O. The lowest BCUT2D eigenvalue weighted by atomic mass is 10.0. The Morgan fingerprint density at radius 3 is 3.16 bits per heavy atom. The summed E-state index contributed by atoms with van der Waals surface area (Å²) in [5, 5.41) is 3.48. The van der Waals surface area contributed by atoms with Crippen molar-refractivity contribution in [1.29, 1.82) is 0 Å². The van der Waals surface area contributed by atoms with E-state index in [1.165, 1.54) is 11.1 Å². The summed E-state index contributed by atoms with van der Waals surface area (Å²) in [5.74, 6) is 1.03. The molecule has 0 amide bonds. The standard InChI is InChI=1S/C15H17N3O/c1-11(17-9-14-4-6-16-10-18-14)12-2-3-15-13(8-12)5-7-19-15/h2-4,6,8,10-11,17H,5,7,9H2,1H3. The molecule has 0 fully saturated rings. The molecule has 3 rings (SSSR count). The smallest absolute Gasteiger partial charge is 0.122 e. The number of ether oxygens (including phenoxy) is 1. The zero-order chi connectivity index (χ0) is 13.1. The molecule has 2 aromatic rings. The van der Waals surface area contributed by atoms with Crippen LogP contribution in [0.1, 0.15) is 29.8 Å². The van der Waals surface area contributed by atoms with Crippen LogP contribution in [-0.4, -0.2) is 16.6 Å². The van der Waals surface area contributed by atoms with E-state index < -0.39 is 0 Å². The Morgan fingerprint density at radius 2 is 2.32 bits per heavy atom. The molecule has 4 nitrogen and oxygen atoms in total. The van der Waals surface area contributed by atoms with Crippen molar-refractivity contribution in [2.24, 2.45) is 0 Å². The molecule has 4 heteroatoms. The minimum absolute atomic E-state index is 0.292. The van der Waals surface area contributed by atoms with Crippen LogP contribution in [0.5, 0.6) is 5.75 Å². The summed E-state index contributed by atoms with van der Waals surface area (Å²) in [7, 11) is 0. The maximum atomic E-state index is 5.53. The van der Waals surface area contributed by atoms with Crippen LogP contribution in [0, 0.1) is 0 Å². The number of rotatable bonds is 4. The van der Waals surface area contributed by atoms with Gasteiger partial charge in [-0.25, -0.2) is 9.97 Å². The maximum absolute atomic E-state index is 5.53. The molecule has 1 N–H and O–H groups in total. The third-order valence-electron chi connectivity index (χ3n) is 3.45. The number of aromatic nitrogens is 2. The summed E-state index contributed by atoms with van der Waals surface area (Å²) in [6.07, 6.45) is 4.36. The summed E-state index contributed by atoms with van der Waals surface area (Å²) in [6, 6.07) is 8.65. The van der Waals surface area contributed by atoms with Crippen molar-refractivity contribution in [2.75, 3.05) is 6.61 Å². The summed E-state index contributed by atoms with van der Waals surface area (Å²) in [5.41, 5.74) is 3.61. The number of hydrogen-bond acceptors (Lipinski definition) is 4. The van der Waals surface area contributed by atoms with E-state index in [-0.39, 0.29) is 0 Å². The van der Waals surface area contributed by atoms with Crippen molar-refractivity contribution < 1.29 is 4.74 Å². The van der Waals surface area contributed by atoms with E-state index in [1.54, 1.807) is 12.5 Å². The lowest BCUT2D eigenvalue weighted by Crippen LogP contribution is -2.18. The summed E-state index contributed by atoms with van der Waals surface area (Å²) < 4.78 is 5.53. The molecule has 98 valence electrons. The first-order valence-corrected chi connectivity index (χ1v) is 6.57. The zero-order valence-electron chi connectivity index (χ0n) is 11.0. The fourth-order valence-corrected chi connectivity index (χ4v) is 2.27. The molecule has 0 saturated carbocycles.